The zero-order valence-corrected chi connectivity index (χ0v) is 15.1. The largest absolute Gasteiger partial charge is 0.351 e. The van der Waals surface area contributed by atoms with Crippen molar-refractivity contribution in [2.45, 2.75) is 46.1 Å². The number of urea groups is 1. The Morgan fingerprint density at radius 3 is 2.42 bits per heavy atom. The van der Waals surface area contributed by atoms with Gasteiger partial charge >= 0.3 is 6.03 Å². The second kappa shape index (κ2) is 7.24. The van der Waals surface area contributed by atoms with Crippen molar-refractivity contribution in [3.63, 3.8) is 0 Å². The SMILES string of the molecule is CNC(=O)NC1CC(C)(C)CC(C)(CNC(=O)c2ccccc2)C1. The third kappa shape index (κ3) is 4.98. The fourth-order valence-electron chi connectivity index (χ4n) is 4.11. The molecule has 2 rings (SSSR count). The second-order valence-corrected chi connectivity index (χ2v) is 8.03. The van der Waals surface area contributed by atoms with E-state index in [4.69, 9.17) is 0 Å². The molecular formula is C19H29N3O2. The van der Waals surface area contributed by atoms with Crippen molar-refractivity contribution in [3.8, 4) is 0 Å². The van der Waals surface area contributed by atoms with E-state index in [9.17, 15) is 9.59 Å². The fraction of sp³-hybridized carbons (Fsp3) is 0.579. The van der Waals surface area contributed by atoms with Gasteiger partial charge in [-0.2, -0.15) is 0 Å². The predicted octanol–water partition coefficient (Wildman–Crippen LogP) is 2.93. The van der Waals surface area contributed by atoms with E-state index in [-0.39, 0.29) is 28.8 Å². The number of carbonyl (C=O) groups is 2. The minimum atomic E-state index is -0.145. The number of benzene rings is 1. The molecule has 3 N–H and O–H groups in total. The zero-order chi connectivity index (χ0) is 17.8. The number of carbonyl (C=O) groups excluding carboxylic acids is 2. The van der Waals surface area contributed by atoms with E-state index in [1.54, 1.807) is 7.05 Å². The molecule has 0 spiro atoms. The summed E-state index contributed by atoms with van der Waals surface area (Å²) >= 11 is 0. The van der Waals surface area contributed by atoms with Gasteiger partial charge in [0.05, 0.1) is 0 Å². The van der Waals surface area contributed by atoms with E-state index < -0.39 is 0 Å². The molecule has 1 aliphatic rings. The third-order valence-electron chi connectivity index (χ3n) is 4.72. The summed E-state index contributed by atoms with van der Waals surface area (Å²) in [6, 6.07) is 9.24. The lowest BCUT2D eigenvalue weighted by Crippen LogP contribution is -2.51. The highest BCUT2D eigenvalue weighted by Crippen LogP contribution is 2.45. The van der Waals surface area contributed by atoms with Gasteiger partial charge in [-0.3, -0.25) is 4.79 Å². The van der Waals surface area contributed by atoms with Gasteiger partial charge in [0, 0.05) is 25.2 Å². The van der Waals surface area contributed by atoms with Crippen LogP contribution in [0.25, 0.3) is 0 Å². The maximum absolute atomic E-state index is 12.3. The van der Waals surface area contributed by atoms with Crippen LogP contribution in [-0.4, -0.2) is 31.6 Å². The van der Waals surface area contributed by atoms with Gasteiger partial charge in [-0.15, -0.1) is 0 Å². The molecule has 132 valence electrons. The maximum atomic E-state index is 12.3. The quantitative estimate of drug-likeness (QED) is 0.794. The lowest BCUT2D eigenvalue weighted by Gasteiger charge is -2.46. The van der Waals surface area contributed by atoms with E-state index in [2.05, 4.69) is 36.7 Å². The average Bonchev–Trinajstić information content (AvgIpc) is 2.51. The Hall–Kier alpha value is -2.04. The van der Waals surface area contributed by atoms with Gasteiger partial charge in [-0.05, 0) is 42.2 Å². The molecule has 2 atom stereocenters. The average molecular weight is 331 g/mol. The highest BCUT2D eigenvalue weighted by molar-refractivity contribution is 5.94. The number of amides is 3. The van der Waals surface area contributed by atoms with Crippen LogP contribution in [0.15, 0.2) is 30.3 Å². The van der Waals surface area contributed by atoms with Gasteiger partial charge in [0.1, 0.15) is 0 Å². The lowest BCUT2D eigenvalue weighted by atomic mass is 9.62. The van der Waals surface area contributed by atoms with Crippen molar-refractivity contribution >= 4 is 11.9 Å². The van der Waals surface area contributed by atoms with E-state index in [0.29, 0.717) is 12.1 Å². The first-order valence-electron chi connectivity index (χ1n) is 8.55. The first-order valence-corrected chi connectivity index (χ1v) is 8.55. The van der Waals surface area contributed by atoms with Crippen LogP contribution >= 0.6 is 0 Å². The van der Waals surface area contributed by atoms with Gasteiger partial charge in [0.15, 0.2) is 0 Å². The number of hydrogen-bond acceptors (Lipinski definition) is 2. The molecule has 0 aliphatic heterocycles. The van der Waals surface area contributed by atoms with Crippen LogP contribution in [0.1, 0.15) is 50.4 Å². The molecule has 5 nitrogen and oxygen atoms in total. The third-order valence-corrected chi connectivity index (χ3v) is 4.72. The number of rotatable bonds is 4. The summed E-state index contributed by atoms with van der Waals surface area (Å²) in [7, 11) is 1.63. The molecule has 24 heavy (non-hydrogen) atoms. The Morgan fingerprint density at radius 2 is 1.79 bits per heavy atom. The molecule has 1 saturated carbocycles. The molecule has 0 heterocycles. The normalized spacial score (nSPS) is 25.6. The first-order chi connectivity index (χ1) is 11.2. The molecule has 1 aliphatic carbocycles. The summed E-state index contributed by atoms with van der Waals surface area (Å²) in [6.07, 6.45) is 2.82. The Balaban J connectivity index is 2.01. The molecule has 1 aromatic rings. The molecule has 3 amide bonds. The molecule has 0 radical (unpaired) electrons. The zero-order valence-electron chi connectivity index (χ0n) is 15.1. The molecule has 1 fully saturated rings. The Morgan fingerprint density at radius 1 is 1.12 bits per heavy atom. The van der Waals surface area contributed by atoms with Crippen LogP contribution in [-0.2, 0) is 0 Å². The Labute approximate surface area is 144 Å². The number of nitrogens with one attached hydrogen (secondary N) is 3. The van der Waals surface area contributed by atoms with Gasteiger partial charge in [0.25, 0.3) is 5.91 Å². The Kier molecular flexibility index (Phi) is 5.52. The smallest absolute Gasteiger partial charge is 0.314 e. The van der Waals surface area contributed by atoms with Crippen LogP contribution < -0.4 is 16.0 Å². The van der Waals surface area contributed by atoms with Crippen molar-refractivity contribution in [3.05, 3.63) is 35.9 Å². The summed E-state index contributed by atoms with van der Waals surface area (Å²) in [6.45, 7) is 7.25. The topological polar surface area (TPSA) is 70.2 Å². The summed E-state index contributed by atoms with van der Waals surface area (Å²) in [5.41, 5.74) is 0.754. The monoisotopic (exact) mass is 331 g/mol. The molecule has 0 aromatic heterocycles. The standard InChI is InChI=1S/C19H29N3O2/c1-18(2)10-15(22-17(24)20-4)11-19(3,12-18)13-21-16(23)14-8-6-5-7-9-14/h5-9,15H,10-13H2,1-4H3,(H,21,23)(H2,20,22,24). The summed E-state index contributed by atoms with van der Waals surface area (Å²) in [5, 5.41) is 8.72. The molecule has 0 saturated heterocycles. The fourth-order valence-corrected chi connectivity index (χ4v) is 4.11. The van der Waals surface area contributed by atoms with Crippen LogP contribution in [0.2, 0.25) is 0 Å². The first kappa shape index (κ1) is 18.3. The van der Waals surface area contributed by atoms with Crippen molar-refractivity contribution in [1.29, 1.82) is 0 Å². The summed E-state index contributed by atoms with van der Waals surface area (Å²) in [5.74, 6) is -0.0454. The predicted molar refractivity (Wildman–Crippen MR) is 95.9 cm³/mol. The van der Waals surface area contributed by atoms with Crippen LogP contribution in [0.3, 0.4) is 0 Å². The minimum absolute atomic E-state index is 0.0438. The van der Waals surface area contributed by atoms with E-state index >= 15 is 0 Å². The van der Waals surface area contributed by atoms with Gasteiger partial charge < -0.3 is 16.0 Å². The Bertz CT molecular complexity index is 586. The van der Waals surface area contributed by atoms with Crippen molar-refractivity contribution < 1.29 is 9.59 Å². The minimum Gasteiger partial charge on any atom is -0.351 e. The second-order valence-electron chi connectivity index (χ2n) is 8.03. The highest BCUT2D eigenvalue weighted by atomic mass is 16.2. The molecular weight excluding hydrogens is 302 g/mol. The maximum Gasteiger partial charge on any atom is 0.314 e. The summed E-state index contributed by atoms with van der Waals surface area (Å²) in [4.78, 5) is 24.0. The molecule has 5 heteroatoms. The molecule has 1 aromatic carbocycles. The molecule has 0 bridgehead atoms. The summed E-state index contributed by atoms with van der Waals surface area (Å²) < 4.78 is 0. The van der Waals surface area contributed by atoms with E-state index in [1.165, 1.54) is 0 Å². The van der Waals surface area contributed by atoms with E-state index in [0.717, 1.165) is 19.3 Å². The van der Waals surface area contributed by atoms with Crippen LogP contribution in [0, 0.1) is 10.8 Å². The highest BCUT2D eigenvalue weighted by Gasteiger charge is 2.41. The van der Waals surface area contributed by atoms with Crippen molar-refractivity contribution in [2.75, 3.05) is 13.6 Å². The van der Waals surface area contributed by atoms with Gasteiger partial charge in [-0.1, -0.05) is 39.0 Å². The lowest BCUT2D eigenvalue weighted by molar-refractivity contribution is 0.0668. The van der Waals surface area contributed by atoms with Crippen LogP contribution in [0.4, 0.5) is 4.79 Å². The molecule has 2 unspecified atom stereocenters. The van der Waals surface area contributed by atoms with Crippen molar-refractivity contribution in [2.24, 2.45) is 10.8 Å². The van der Waals surface area contributed by atoms with E-state index in [1.807, 2.05) is 30.3 Å². The van der Waals surface area contributed by atoms with Crippen LogP contribution in [0.5, 0.6) is 0 Å². The number of hydrogen-bond donors (Lipinski definition) is 3. The van der Waals surface area contributed by atoms with Gasteiger partial charge in [0.2, 0.25) is 0 Å². The van der Waals surface area contributed by atoms with Crippen molar-refractivity contribution in [1.82, 2.24) is 16.0 Å². The van der Waals surface area contributed by atoms with Gasteiger partial charge in [-0.25, -0.2) is 4.79 Å².